The zero-order valence-corrected chi connectivity index (χ0v) is 11.4. The first-order valence-corrected chi connectivity index (χ1v) is 6.21. The maximum atomic E-state index is 13.4. The number of nitrogen functional groups attached to an aromatic ring is 1. The van der Waals surface area contributed by atoms with Crippen molar-refractivity contribution in [1.29, 1.82) is 0 Å². The molecule has 18 heavy (non-hydrogen) atoms. The number of anilines is 1. The van der Waals surface area contributed by atoms with Crippen LogP contribution in [0.25, 0.3) is 0 Å². The van der Waals surface area contributed by atoms with Gasteiger partial charge >= 0.3 is 0 Å². The van der Waals surface area contributed by atoms with Crippen LogP contribution in [-0.4, -0.2) is 5.78 Å². The number of hydrogen-bond donors (Lipinski definition) is 1. The van der Waals surface area contributed by atoms with Crippen LogP contribution >= 0.6 is 27.5 Å². The summed E-state index contributed by atoms with van der Waals surface area (Å²) >= 11 is 8.94. The number of nitrogens with two attached hydrogens (primary N) is 1. The molecule has 0 unspecified atom stereocenters. The molecule has 5 heteroatoms. The van der Waals surface area contributed by atoms with E-state index in [0.29, 0.717) is 15.1 Å². The fourth-order valence-corrected chi connectivity index (χ4v) is 2.16. The second-order valence-electron chi connectivity index (χ2n) is 3.69. The molecule has 0 saturated carbocycles. The number of carbonyl (C=O) groups excluding carboxylic acids is 1. The Balaban J connectivity index is 2.46. The van der Waals surface area contributed by atoms with Crippen LogP contribution in [0.4, 0.5) is 10.1 Å². The van der Waals surface area contributed by atoms with Crippen molar-refractivity contribution < 1.29 is 9.18 Å². The van der Waals surface area contributed by atoms with E-state index in [1.54, 1.807) is 24.3 Å². The Hall–Kier alpha value is -1.39. The van der Waals surface area contributed by atoms with Gasteiger partial charge in [-0.3, -0.25) is 4.79 Å². The molecule has 2 N–H and O–H groups in total. The van der Waals surface area contributed by atoms with Gasteiger partial charge < -0.3 is 5.73 Å². The highest BCUT2D eigenvalue weighted by molar-refractivity contribution is 9.10. The van der Waals surface area contributed by atoms with E-state index in [2.05, 4.69) is 15.9 Å². The molecule has 2 nitrogen and oxygen atoms in total. The van der Waals surface area contributed by atoms with Crippen LogP contribution in [0.2, 0.25) is 5.02 Å². The van der Waals surface area contributed by atoms with Crippen molar-refractivity contribution in [2.75, 3.05) is 5.73 Å². The monoisotopic (exact) mass is 327 g/mol. The van der Waals surface area contributed by atoms with E-state index in [1.807, 2.05) is 0 Å². The SMILES string of the molecule is Nc1cc(Br)c(C(=O)c2ccc(Cl)cc2)cc1F. The molecule has 0 aliphatic rings. The van der Waals surface area contributed by atoms with Crippen molar-refractivity contribution in [2.45, 2.75) is 0 Å². The van der Waals surface area contributed by atoms with Crippen LogP contribution in [0.15, 0.2) is 40.9 Å². The molecular weight excluding hydrogens is 321 g/mol. The van der Waals surface area contributed by atoms with Crippen molar-refractivity contribution in [3.8, 4) is 0 Å². The number of hydrogen-bond acceptors (Lipinski definition) is 2. The summed E-state index contributed by atoms with van der Waals surface area (Å²) in [4.78, 5) is 12.2. The van der Waals surface area contributed by atoms with Crippen LogP contribution < -0.4 is 5.73 Å². The fourth-order valence-electron chi connectivity index (χ4n) is 1.49. The lowest BCUT2D eigenvalue weighted by Gasteiger charge is -2.06. The minimum atomic E-state index is -0.615. The lowest BCUT2D eigenvalue weighted by molar-refractivity contribution is 0.103. The molecule has 0 heterocycles. The predicted molar refractivity (Wildman–Crippen MR) is 73.4 cm³/mol. The molecule has 0 aromatic heterocycles. The highest BCUT2D eigenvalue weighted by Gasteiger charge is 2.15. The predicted octanol–water partition coefficient (Wildman–Crippen LogP) is 4.05. The van der Waals surface area contributed by atoms with Gasteiger partial charge in [0.25, 0.3) is 0 Å². The lowest BCUT2D eigenvalue weighted by atomic mass is 10.0. The largest absolute Gasteiger partial charge is 0.396 e. The third-order valence-electron chi connectivity index (χ3n) is 2.44. The fraction of sp³-hybridized carbons (Fsp3) is 0. The topological polar surface area (TPSA) is 43.1 Å². The smallest absolute Gasteiger partial charge is 0.194 e. The van der Waals surface area contributed by atoms with Gasteiger partial charge in [-0.2, -0.15) is 0 Å². The van der Waals surface area contributed by atoms with Crippen molar-refractivity contribution in [3.05, 3.63) is 62.8 Å². The Morgan fingerprint density at radius 2 is 1.83 bits per heavy atom. The number of halogens is 3. The summed E-state index contributed by atoms with van der Waals surface area (Å²) in [6.07, 6.45) is 0. The van der Waals surface area contributed by atoms with Gasteiger partial charge in [0.15, 0.2) is 5.78 Å². The van der Waals surface area contributed by atoms with Gasteiger partial charge in [0.1, 0.15) is 5.82 Å². The Morgan fingerprint density at radius 1 is 1.22 bits per heavy atom. The van der Waals surface area contributed by atoms with Gasteiger partial charge in [0, 0.05) is 20.6 Å². The van der Waals surface area contributed by atoms with E-state index >= 15 is 0 Å². The van der Waals surface area contributed by atoms with Crippen molar-refractivity contribution in [1.82, 2.24) is 0 Å². The first-order valence-electron chi connectivity index (χ1n) is 5.04. The summed E-state index contributed by atoms with van der Waals surface area (Å²) in [7, 11) is 0. The van der Waals surface area contributed by atoms with Crippen molar-refractivity contribution in [3.63, 3.8) is 0 Å². The van der Waals surface area contributed by atoms with Crippen LogP contribution in [0.5, 0.6) is 0 Å². The van der Waals surface area contributed by atoms with E-state index in [1.165, 1.54) is 6.07 Å². The molecule has 2 aromatic carbocycles. The second kappa shape index (κ2) is 5.08. The standard InChI is InChI=1S/C13H8BrClFNO/c14-10-6-12(17)11(16)5-9(10)13(18)7-1-3-8(15)4-2-7/h1-6H,17H2. The second-order valence-corrected chi connectivity index (χ2v) is 4.98. The van der Waals surface area contributed by atoms with Gasteiger partial charge in [0.2, 0.25) is 0 Å². The van der Waals surface area contributed by atoms with E-state index in [4.69, 9.17) is 17.3 Å². The van der Waals surface area contributed by atoms with Gasteiger partial charge in [-0.05, 0) is 52.3 Å². The average molecular weight is 329 g/mol. The average Bonchev–Trinajstić information content (AvgIpc) is 2.34. The van der Waals surface area contributed by atoms with Gasteiger partial charge in [-0.15, -0.1) is 0 Å². The molecule has 2 rings (SSSR count). The summed E-state index contributed by atoms with van der Waals surface area (Å²) in [6.45, 7) is 0. The normalized spacial score (nSPS) is 10.4. The van der Waals surface area contributed by atoms with Gasteiger partial charge in [-0.1, -0.05) is 11.6 Å². The molecule has 0 radical (unpaired) electrons. The first kappa shape index (κ1) is 13.1. The van der Waals surface area contributed by atoms with Gasteiger partial charge in [-0.25, -0.2) is 4.39 Å². The summed E-state index contributed by atoms with van der Waals surface area (Å²) in [5.41, 5.74) is 6.07. The number of ketones is 1. The number of rotatable bonds is 2. The van der Waals surface area contributed by atoms with Crippen LogP contribution in [-0.2, 0) is 0 Å². The molecule has 0 amide bonds. The molecule has 2 aromatic rings. The highest BCUT2D eigenvalue weighted by Crippen LogP contribution is 2.25. The highest BCUT2D eigenvalue weighted by atomic mass is 79.9. The molecule has 0 saturated heterocycles. The van der Waals surface area contributed by atoms with E-state index in [0.717, 1.165) is 6.07 Å². The minimum Gasteiger partial charge on any atom is -0.396 e. The Kier molecular flexibility index (Phi) is 3.68. The van der Waals surface area contributed by atoms with Crippen LogP contribution in [0, 0.1) is 5.82 Å². The number of carbonyl (C=O) groups is 1. The zero-order valence-electron chi connectivity index (χ0n) is 9.08. The summed E-state index contributed by atoms with van der Waals surface area (Å²) in [5.74, 6) is -0.909. The molecule has 0 atom stereocenters. The van der Waals surface area contributed by atoms with Gasteiger partial charge in [0.05, 0.1) is 5.69 Å². The Bertz CT molecular complexity index is 613. The third kappa shape index (κ3) is 2.54. The molecule has 0 bridgehead atoms. The maximum Gasteiger partial charge on any atom is 0.194 e. The minimum absolute atomic E-state index is 0.00506. The molecular formula is C13H8BrClFNO. The van der Waals surface area contributed by atoms with E-state index < -0.39 is 5.82 Å². The lowest BCUT2D eigenvalue weighted by Crippen LogP contribution is -2.04. The third-order valence-corrected chi connectivity index (χ3v) is 3.35. The number of benzene rings is 2. The maximum absolute atomic E-state index is 13.4. The summed E-state index contributed by atoms with van der Waals surface area (Å²) in [6, 6.07) is 8.89. The van der Waals surface area contributed by atoms with Crippen molar-refractivity contribution in [2.24, 2.45) is 0 Å². The Labute approximate surface area is 117 Å². The summed E-state index contributed by atoms with van der Waals surface area (Å²) in [5, 5.41) is 0.536. The molecule has 0 fully saturated rings. The first-order chi connectivity index (χ1) is 8.49. The van der Waals surface area contributed by atoms with Crippen LogP contribution in [0.1, 0.15) is 15.9 Å². The summed E-state index contributed by atoms with van der Waals surface area (Å²) < 4.78 is 13.8. The molecule has 0 aliphatic heterocycles. The molecule has 0 aliphatic carbocycles. The van der Waals surface area contributed by atoms with E-state index in [-0.39, 0.29) is 17.0 Å². The zero-order chi connectivity index (χ0) is 13.3. The van der Waals surface area contributed by atoms with E-state index in [9.17, 15) is 9.18 Å². The quantitative estimate of drug-likeness (QED) is 0.667. The van der Waals surface area contributed by atoms with Crippen molar-refractivity contribution >= 4 is 39.0 Å². The Morgan fingerprint density at radius 3 is 2.44 bits per heavy atom. The molecule has 0 spiro atoms. The van der Waals surface area contributed by atoms with Crippen LogP contribution in [0.3, 0.4) is 0 Å². The molecule has 92 valence electrons.